The van der Waals surface area contributed by atoms with Gasteiger partial charge in [0.2, 0.25) is 0 Å². The molecule has 0 amide bonds. The second kappa shape index (κ2) is 7.90. The van der Waals surface area contributed by atoms with Crippen molar-refractivity contribution in [3.63, 3.8) is 0 Å². The van der Waals surface area contributed by atoms with E-state index in [0.717, 1.165) is 24.5 Å². The van der Waals surface area contributed by atoms with Crippen molar-refractivity contribution in [3.05, 3.63) is 0 Å². The highest BCUT2D eigenvalue weighted by Gasteiger charge is 2.34. The van der Waals surface area contributed by atoms with Gasteiger partial charge < -0.3 is 5.32 Å². The van der Waals surface area contributed by atoms with E-state index in [1.54, 1.807) is 0 Å². The molecule has 6 heteroatoms. The van der Waals surface area contributed by atoms with Crippen molar-refractivity contribution in [2.45, 2.75) is 55.8 Å². The molecule has 0 aromatic heterocycles. The van der Waals surface area contributed by atoms with Crippen LogP contribution in [0.15, 0.2) is 0 Å². The molecule has 0 saturated carbocycles. The molecule has 1 fully saturated rings. The first-order valence-electron chi connectivity index (χ1n) is 6.47. The summed E-state index contributed by atoms with van der Waals surface area (Å²) in [6.07, 6.45) is -3.56. The summed E-state index contributed by atoms with van der Waals surface area (Å²) in [4.78, 5) is 0. The molecule has 0 aliphatic carbocycles. The van der Waals surface area contributed by atoms with Gasteiger partial charge in [0.1, 0.15) is 0 Å². The van der Waals surface area contributed by atoms with E-state index in [-0.39, 0.29) is 12.5 Å². The van der Waals surface area contributed by atoms with E-state index in [1.807, 2.05) is 30.4 Å². The van der Waals surface area contributed by atoms with Gasteiger partial charge in [0.05, 0.1) is 0 Å². The van der Waals surface area contributed by atoms with Crippen LogP contribution >= 0.6 is 23.5 Å². The quantitative estimate of drug-likeness (QED) is 0.798. The van der Waals surface area contributed by atoms with Crippen molar-refractivity contribution in [2.75, 3.05) is 18.1 Å². The molecule has 18 heavy (non-hydrogen) atoms. The van der Waals surface area contributed by atoms with Crippen molar-refractivity contribution in [2.24, 2.45) is 0 Å². The lowest BCUT2D eigenvalue weighted by Crippen LogP contribution is -2.45. The third kappa shape index (κ3) is 6.06. The zero-order valence-electron chi connectivity index (χ0n) is 10.9. The lowest BCUT2D eigenvalue weighted by atomic mass is 10.0. The molecule has 3 unspecified atom stereocenters. The fraction of sp³-hybridized carbons (Fsp3) is 1.00. The number of thioether (sulfide) groups is 2. The second-order valence-electron chi connectivity index (χ2n) is 4.63. The van der Waals surface area contributed by atoms with Gasteiger partial charge in [0.15, 0.2) is 0 Å². The van der Waals surface area contributed by atoms with Crippen LogP contribution in [0.4, 0.5) is 13.2 Å². The van der Waals surface area contributed by atoms with Gasteiger partial charge in [0, 0.05) is 34.5 Å². The normalized spacial score (nSPS) is 27.2. The van der Waals surface area contributed by atoms with Crippen LogP contribution in [-0.4, -0.2) is 40.8 Å². The summed E-state index contributed by atoms with van der Waals surface area (Å²) in [7, 11) is 0. The number of hydrogen-bond donors (Lipinski definition) is 1. The summed E-state index contributed by atoms with van der Waals surface area (Å²) in [5.41, 5.74) is 0. The molecule has 1 saturated heterocycles. The van der Waals surface area contributed by atoms with Crippen molar-refractivity contribution in [1.82, 2.24) is 5.32 Å². The van der Waals surface area contributed by atoms with Crippen LogP contribution < -0.4 is 5.32 Å². The molecule has 1 heterocycles. The van der Waals surface area contributed by atoms with Gasteiger partial charge >= 0.3 is 6.18 Å². The monoisotopic (exact) mass is 301 g/mol. The van der Waals surface area contributed by atoms with Crippen molar-refractivity contribution >= 4 is 23.5 Å². The third-order valence-corrected chi connectivity index (χ3v) is 6.28. The molecule has 0 spiro atoms. The van der Waals surface area contributed by atoms with Crippen LogP contribution in [-0.2, 0) is 0 Å². The topological polar surface area (TPSA) is 12.0 Å². The Morgan fingerprint density at radius 1 is 1.28 bits per heavy atom. The molecular formula is C12H22F3NS2. The molecule has 108 valence electrons. The molecule has 0 radical (unpaired) electrons. The number of nitrogens with one attached hydrogen (secondary N) is 1. The van der Waals surface area contributed by atoms with Crippen LogP contribution in [0.1, 0.15) is 33.1 Å². The zero-order valence-corrected chi connectivity index (χ0v) is 12.6. The van der Waals surface area contributed by atoms with Crippen LogP contribution in [0, 0.1) is 0 Å². The Hall–Kier alpha value is 0.450. The van der Waals surface area contributed by atoms with E-state index in [9.17, 15) is 13.2 Å². The Balaban J connectivity index is 2.52. The predicted octanol–water partition coefficient (Wildman–Crippen LogP) is 3.93. The SMILES string of the molecule is CCCNC(CCC(F)(F)F)C1SCCSC1C. The summed E-state index contributed by atoms with van der Waals surface area (Å²) in [5.74, 6) is 2.16. The van der Waals surface area contributed by atoms with Gasteiger partial charge in [-0.25, -0.2) is 0 Å². The van der Waals surface area contributed by atoms with Gasteiger partial charge in [-0.15, -0.1) is 0 Å². The highest BCUT2D eigenvalue weighted by atomic mass is 32.2. The summed E-state index contributed by atoms with van der Waals surface area (Å²) in [5, 5.41) is 4.05. The number of alkyl halides is 3. The fourth-order valence-corrected chi connectivity index (χ4v) is 5.12. The van der Waals surface area contributed by atoms with E-state index in [1.165, 1.54) is 0 Å². The first-order chi connectivity index (χ1) is 8.44. The zero-order chi connectivity index (χ0) is 13.6. The molecule has 1 nitrogen and oxygen atoms in total. The van der Waals surface area contributed by atoms with Gasteiger partial charge in [-0.3, -0.25) is 0 Å². The Labute approximate surface area is 116 Å². The minimum atomic E-state index is -4.04. The molecule has 3 atom stereocenters. The average Bonchev–Trinajstić information content (AvgIpc) is 2.29. The van der Waals surface area contributed by atoms with Gasteiger partial charge in [-0.05, 0) is 19.4 Å². The molecule has 0 bridgehead atoms. The average molecular weight is 301 g/mol. The molecular weight excluding hydrogens is 279 g/mol. The summed E-state index contributed by atoms with van der Waals surface area (Å²) in [6.45, 7) is 4.98. The van der Waals surface area contributed by atoms with Gasteiger partial charge in [-0.2, -0.15) is 36.7 Å². The van der Waals surface area contributed by atoms with E-state index in [2.05, 4.69) is 12.2 Å². The standard InChI is InChI=1S/C12H22F3NS2/c1-3-6-16-10(4-5-12(13,14)15)11-9(2)17-7-8-18-11/h9-11,16H,3-8H2,1-2H3. The van der Waals surface area contributed by atoms with Crippen LogP contribution in [0.3, 0.4) is 0 Å². The molecule has 1 aliphatic heterocycles. The van der Waals surface area contributed by atoms with Crippen molar-refractivity contribution in [3.8, 4) is 0 Å². The van der Waals surface area contributed by atoms with E-state index in [0.29, 0.717) is 10.5 Å². The number of halogens is 3. The highest BCUT2D eigenvalue weighted by Crippen LogP contribution is 2.35. The van der Waals surface area contributed by atoms with E-state index < -0.39 is 12.6 Å². The first-order valence-corrected chi connectivity index (χ1v) is 8.57. The predicted molar refractivity (Wildman–Crippen MR) is 75.5 cm³/mol. The lowest BCUT2D eigenvalue weighted by molar-refractivity contribution is -0.136. The van der Waals surface area contributed by atoms with Crippen molar-refractivity contribution < 1.29 is 13.2 Å². The maximum Gasteiger partial charge on any atom is 0.389 e. The maximum absolute atomic E-state index is 12.4. The maximum atomic E-state index is 12.4. The Bertz CT molecular complexity index is 236. The smallest absolute Gasteiger partial charge is 0.313 e. The van der Waals surface area contributed by atoms with Crippen LogP contribution in [0.25, 0.3) is 0 Å². The summed E-state index contributed by atoms with van der Waals surface area (Å²) >= 11 is 3.71. The molecule has 0 aromatic carbocycles. The lowest BCUT2D eigenvalue weighted by Gasteiger charge is -2.35. The Morgan fingerprint density at radius 2 is 1.94 bits per heavy atom. The number of hydrogen-bond acceptors (Lipinski definition) is 3. The van der Waals surface area contributed by atoms with E-state index >= 15 is 0 Å². The van der Waals surface area contributed by atoms with Gasteiger partial charge in [0.25, 0.3) is 0 Å². The Kier molecular flexibility index (Phi) is 7.24. The highest BCUT2D eigenvalue weighted by molar-refractivity contribution is 8.07. The summed E-state index contributed by atoms with van der Waals surface area (Å²) < 4.78 is 37.1. The van der Waals surface area contributed by atoms with Crippen LogP contribution in [0.5, 0.6) is 0 Å². The second-order valence-corrected chi connectivity index (χ2v) is 7.40. The Morgan fingerprint density at radius 3 is 2.50 bits per heavy atom. The summed E-state index contributed by atoms with van der Waals surface area (Å²) in [6, 6.07) is -0.0145. The fourth-order valence-electron chi connectivity index (χ4n) is 2.12. The largest absolute Gasteiger partial charge is 0.389 e. The minimum Gasteiger partial charge on any atom is -0.313 e. The molecule has 1 aliphatic rings. The van der Waals surface area contributed by atoms with Crippen molar-refractivity contribution in [1.29, 1.82) is 0 Å². The first kappa shape index (κ1) is 16.5. The van der Waals surface area contributed by atoms with E-state index in [4.69, 9.17) is 0 Å². The third-order valence-electron chi connectivity index (χ3n) is 3.03. The van der Waals surface area contributed by atoms with Crippen LogP contribution in [0.2, 0.25) is 0 Å². The molecule has 1 N–H and O–H groups in total. The molecule has 0 aromatic rings. The number of rotatable bonds is 6. The van der Waals surface area contributed by atoms with Gasteiger partial charge in [-0.1, -0.05) is 13.8 Å². The molecule has 1 rings (SSSR count). The minimum absolute atomic E-state index is 0.0145.